The van der Waals surface area contributed by atoms with Gasteiger partial charge in [0.1, 0.15) is 5.82 Å². The third kappa shape index (κ3) is 5.93. The number of hydrogen-bond donors (Lipinski definition) is 3. The molecule has 1 heterocycles. The lowest BCUT2D eigenvalue weighted by Gasteiger charge is -2.10. The van der Waals surface area contributed by atoms with E-state index in [1.807, 2.05) is 18.2 Å². The molecule has 26 heavy (non-hydrogen) atoms. The molecule has 1 amide bonds. The van der Waals surface area contributed by atoms with Crippen LogP contribution in [0.15, 0.2) is 36.5 Å². The fraction of sp³-hybridized carbons (Fsp3) is 0.368. The zero-order valence-corrected chi connectivity index (χ0v) is 15.1. The number of aliphatic hydroxyl groups is 1. The van der Waals surface area contributed by atoms with Crippen molar-refractivity contribution in [1.82, 2.24) is 4.98 Å². The summed E-state index contributed by atoms with van der Waals surface area (Å²) in [6, 6.07) is 9.21. The Hall–Kier alpha value is -2.80. The second kappa shape index (κ2) is 10.2. The number of anilines is 2. The molecule has 2 aromatic rings. The summed E-state index contributed by atoms with van der Waals surface area (Å²) in [5.74, 6) is 1.95. The number of aromatic nitrogens is 1. The molecule has 3 N–H and O–H groups in total. The fourth-order valence-electron chi connectivity index (χ4n) is 2.39. The van der Waals surface area contributed by atoms with Gasteiger partial charge in [0.15, 0.2) is 11.5 Å². The van der Waals surface area contributed by atoms with E-state index in [9.17, 15) is 4.79 Å². The van der Waals surface area contributed by atoms with Gasteiger partial charge in [-0.1, -0.05) is 6.07 Å². The number of aryl methyl sites for hydroxylation is 1. The minimum absolute atomic E-state index is 0.0809. The van der Waals surface area contributed by atoms with Crippen molar-refractivity contribution < 1.29 is 19.4 Å². The Labute approximate surface area is 153 Å². The number of methoxy groups -OCH3 is 2. The molecule has 0 saturated carbocycles. The number of amides is 1. The molecule has 1 aromatic heterocycles. The van der Waals surface area contributed by atoms with E-state index in [1.165, 1.54) is 0 Å². The van der Waals surface area contributed by atoms with Gasteiger partial charge in [-0.05, 0) is 42.7 Å². The maximum atomic E-state index is 12.1. The lowest BCUT2D eigenvalue weighted by Crippen LogP contribution is -2.13. The Morgan fingerprint density at radius 1 is 1.15 bits per heavy atom. The molecule has 0 bridgehead atoms. The van der Waals surface area contributed by atoms with E-state index >= 15 is 0 Å². The normalized spacial score (nSPS) is 10.3. The summed E-state index contributed by atoms with van der Waals surface area (Å²) in [7, 11) is 3.18. The third-order valence-electron chi connectivity index (χ3n) is 3.78. The minimum Gasteiger partial charge on any atom is -0.493 e. The van der Waals surface area contributed by atoms with Crippen molar-refractivity contribution in [2.24, 2.45) is 0 Å². The Kier molecular flexibility index (Phi) is 7.70. The number of benzene rings is 1. The Balaban J connectivity index is 1.83. The highest BCUT2D eigenvalue weighted by molar-refractivity contribution is 5.90. The van der Waals surface area contributed by atoms with E-state index < -0.39 is 0 Å². The zero-order chi connectivity index (χ0) is 18.8. The van der Waals surface area contributed by atoms with Gasteiger partial charge in [-0.15, -0.1) is 0 Å². The number of aliphatic hydroxyl groups excluding tert-OH is 1. The largest absolute Gasteiger partial charge is 0.493 e. The number of nitrogens with zero attached hydrogens (tertiary/aromatic N) is 1. The molecule has 0 aliphatic heterocycles. The van der Waals surface area contributed by atoms with Crippen molar-refractivity contribution >= 4 is 17.4 Å². The molecule has 140 valence electrons. The van der Waals surface area contributed by atoms with E-state index in [1.54, 1.807) is 32.5 Å². The predicted octanol–water partition coefficient (Wildman–Crippen LogP) is 2.46. The molecule has 7 nitrogen and oxygen atoms in total. The smallest absolute Gasteiger partial charge is 0.224 e. The van der Waals surface area contributed by atoms with E-state index in [-0.39, 0.29) is 12.5 Å². The molecule has 0 aliphatic rings. The van der Waals surface area contributed by atoms with Crippen LogP contribution in [0.4, 0.5) is 11.5 Å². The van der Waals surface area contributed by atoms with Gasteiger partial charge < -0.3 is 25.2 Å². The van der Waals surface area contributed by atoms with E-state index in [0.29, 0.717) is 48.8 Å². The second-order valence-electron chi connectivity index (χ2n) is 5.67. The van der Waals surface area contributed by atoms with Crippen molar-refractivity contribution in [2.45, 2.75) is 19.3 Å². The molecule has 0 spiro atoms. The highest BCUT2D eigenvalue weighted by atomic mass is 16.5. The van der Waals surface area contributed by atoms with E-state index in [2.05, 4.69) is 15.6 Å². The third-order valence-corrected chi connectivity index (χ3v) is 3.78. The molecular weight excluding hydrogens is 334 g/mol. The first-order chi connectivity index (χ1) is 12.7. The highest BCUT2D eigenvalue weighted by Gasteiger charge is 2.07. The molecule has 1 aromatic carbocycles. The molecule has 0 fully saturated rings. The Morgan fingerprint density at radius 2 is 1.96 bits per heavy atom. The quantitative estimate of drug-likeness (QED) is 0.564. The van der Waals surface area contributed by atoms with Crippen LogP contribution in [0.5, 0.6) is 11.5 Å². The number of ether oxygens (including phenoxy) is 2. The molecule has 2 rings (SSSR count). The number of pyridine rings is 1. The maximum absolute atomic E-state index is 12.1. The van der Waals surface area contributed by atoms with Crippen LogP contribution in [0.25, 0.3) is 0 Å². The van der Waals surface area contributed by atoms with Gasteiger partial charge >= 0.3 is 0 Å². The number of rotatable bonds is 10. The molecule has 0 radical (unpaired) electrons. The fourth-order valence-corrected chi connectivity index (χ4v) is 2.39. The summed E-state index contributed by atoms with van der Waals surface area (Å²) in [4.78, 5) is 16.3. The van der Waals surface area contributed by atoms with Crippen molar-refractivity contribution in [3.05, 3.63) is 42.1 Å². The van der Waals surface area contributed by atoms with Gasteiger partial charge in [0.2, 0.25) is 5.91 Å². The van der Waals surface area contributed by atoms with Crippen LogP contribution in [0.3, 0.4) is 0 Å². The first kappa shape index (κ1) is 19.5. The van der Waals surface area contributed by atoms with Gasteiger partial charge in [-0.3, -0.25) is 4.79 Å². The number of carbonyl (C=O) groups is 1. The van der Waals surface area contributed by atoms with Crippen LogP contribution in [-0.4, -0.2) is 43.4 Å². The first-order valence-corrected chi connectivity index (χ1v) is 8.47. The average molecular weight is 359 g/mol. The minimum atomic E-state index is -0.0809. The van der Waals surface area contributed by atoms with Gasteiger partial charge in [0.05, 0.1) is 26.1 Å². The standard InChI is InChI=1S/C19H25N3O4/c1-25-16-7-4-14(12-17(16)26-2)5-9-19(24)22-15-6-8-18(21-13-15)20-10-3-11-23/h4,6-8,12-13,23H,3,5,9-11H2,1-2H3,(H,20,21)(H,22,24). The van der Waals surface area contributed by atoms with Gasteiger partial charge in [0.25, 0.3) is 0 Å². The van der Waals surface area contributed by atoms with Crippen molar-refractivity contribution in [3.63, 3.8) is 0 Å². The van der Waals surface area contributed by atoms with Gasteiger partial charge in [0, 0.05) is 19.6 Å². The predicted molar refractivity (Wildman–Crippen MR) is 101 cm³/mol. The molecule has 0 atom stereocenters. The van der Waals surface area contributed by atoms with Crippen LogP contribution < -0.4 is 20.1 Å². The van der Waals surface area contributed by atoms with Crippen molar-refractivity contribution in [3.8, 4) is 11.5 Å². The van der Waals surface area contributed by atoms with Gasteiger partial charge in [-0.2, -0.15) is 0 Å². The Bertz CT molecular complexity index is 704. The molecule has 0 aliphatic carbocycles. The van der Waals surface area contributed by atoms with Crippen LogP contribution in [0.1, 0.15) is 18.4 Å². The Morgan fingerprint density at radius 3 is 2.62 bits per heavy atom. The summed E-state index contributed by atoms with van der Waals surface area (Å²) in [6.45, 7) is 0.793. The topological polar surface area (TPSA) is 92.7 Å². The maximum Gasteiger partial charge on any atom is 0.224 e. The van der Waals surface area contributed by atoms with Crippen molar-refractivity contribution in [1.29, 1.82) is 0 Å². The lowest BCUT2D eigenvalue weighted by atomic mass is 10.1. The van der Waals surface area contributed by atoms with Crippen LogP contribution in [0, 0.1) is 0 Å². The summed E-state index contributed by atoms with van der Waals surface area (Å²) >= 11 is 0. The van der Waals surface area contributed by atoms with Crippen LogP contribution in [-0.2, 0) is 11.2 Å². The zero-order valence-electron chi connectivity index (χ0n) is 15.1. The first-order valence-electron chi connectivity index (χ1n) is 8.47. The SMILES string of the molecule is COc1ccc(CCC(=O)Nc2ccc(NCCCO)nc2)cc1OC. The summed E-state index contributed by atoms with van der Waals surface area (Å²) in [5, 5.41) is 14.7. The summed E-state index contributed by atoms with van der Waals surface area (Å²) in [5.41, 5.74) is 1.65. The van der Waals surface area contributed by atoms with Crippen LogP contribution in [0.2, 0.25) is 0 Å². The second-order valence-corrected chi connectivity index (χ2v) is 5.67. The lowest BCUT2D eigenvalue weighted by molar-refractivity contribution is -0.116. The summed E-state index contributed by atoms with van der Waals surface area (Å²) in [6.07, 6.45) is 3.22. The highest BCUT2D eigenvalue weighted by Crippen LogP contribution is 2.28. The van der Waals surface area contributed by atoms with Crippen LogP contribution >= 0.6 is 0 Å². The van der Waals surface area contributed by atoms with Crippen molar-refractivity contribution in [2.75, 3.05) is 38.0 Å². The molecule has 0 unspecified atom stereocenters. The summed E-state index contributed by atoms with van der Waals surface area (Å²) < 4.78 is 10.5. The van der Waals surface area contributed by atoms with Gasteiger partial charge in [-0.25, -0.2) is 4.98 Å². The average Bonchev–Trinajstić information content (AvgIpc) is 2.67. The molecule has 0 saturated heterocycles. The number of carbonyl (C=O) groups excluding carboxylic acids is 1. The van der Waals surface area contributed by atoms with E-state index in [4.69, 9.17) is 14.6 Å². The molecular formula is C19H25N3O4. The monoisotopic (exact) mass is 359 g/mol. The molecule has 7 heteroatoms. The van der Waals surface area contributed by atoms with E-state index in [0.717, 1.165) is 5.56 Å². The number of nitrogens with one attached hydrogen (secondary N) is 2. The number of hydrogen-bond acceptors (Lipinski definition) is 6.